The first kappa shape index (κ1) is 38.7. The molecule has 2 amide bonds. The zero-order chi connectivity index (χ0) is 36.6. The summed E-state index contributed by atoms with van der Waals surface area (Å²) < 4.78 is 5.12. The van der Waals surface area contributed by atoms with Crippen LogP contribution in [-0.4, -0.2) is 63.3 Å². The van der Waals surface area contributed by atoms with E-state index in [1.54, 1.807) is 31.5 Å². The SMILES string of the molecule is CC/C(C)=C/N=C(/C(=C(\C)N)N(C)c1ccc(C(=O)Nc2cc(C)ccn2)cc1)N(C=O)c1cccc(N(C)C)c1.O=CC#CCOC1CC1. The minimum Gasteiger partial charge on any atom is -0.400 e. The maximum atomic E-state index is 12.8. The van der Waals surface area contributed by atoms with Crippen LogP contribution < -0.4 is 25.8 Å². The van der Waals surface area contributed by atoms with Gasteiger partial charge in [0, 0.05) is 56.2 Å². The molecule has 0 unspecified atom stereocenters. The van der Waals surface area contributed by atoms with Crippen LogP contribution in [0.2, 0.25) is 0 Å². The van der Waals surface area contributed by atoms with Crippen LogP contribution in [0.15, 0.2) is 95.0 Å². The summed E-state index contributed by atoms with van der Waals surface area (Å²) in [6.45, 7) is 8.14. The van der Waals surface area contributed by atoms with Gasteiger partial charge >= 0.3 is 0 Å². The molecule has 0 saturated heterocycles. The highest BCUT2D eigenvalue weighted by Crippen LogP contribution is 2.27. The Balaban J connectivity index is 0.000000650. The van der Waals surface area contributed by atoms with Gasteiger partial charge in [0.25, 0.3) is 5.91 Å². The Kier molecular flexibility index (Phi) is 15.0. The van der Waals surface area contributed by atoms with Crippen molar-refractivity contribution < 1.29 is 19.1 Å². The smallest absolute Gasteiger partial charge is 0.256 e. The van der Waals surface area contributed by atoms with Crippen LogP contribution in [0.5, 0.6) is 0 Å². The van der Waals surface area contributed by atoms with Gasteiger partial charge in [-0.25, -0.2) is 9.98 Å². The average Bonchev–Trinajstić information content (AvgIpc) is 3.94. The molecule has 3 N–H and O–H groups in total. The third-order valence-electron chi connectivity index (χ3n) is 7.59. The van der Waals surface area contributed by atoms with E-state index in [1.807, 2.05) is 100 Å². The highest BCUT2D eigenvalue weighted by molar-refractivity contribution is 6.20. The van der Waals surface area contributed by atoms with Crippen LogP contribution >= 0.6 is 0 Å². The maximum absolute atomic E-state index is 12.8. The van der Waals surface area contributed by atoms with Crippen molar-refractivity contribution in [1.29, 1.82) is 0 Å². The number of ether oxygens (including phenoxy) is 1. The Hall–Kier alpha value is -5.73. The number of carbonyl (C=O) groups excluding carboxylic acids is 3. The van der Waals surface area contributed by atoms with Crippen molar-refractivity contribution in [3.63, 3.8) is 0 Å². The Morgan fingerprint density at radius 1 is 1.04 bits per heavy atom. The predicted octanol–water partition coefficient (Wildman–Crippen LogP) is 6.08. The first-order valence-electron chi connectivity index (χ1n) is 16.3. The molecule has 262 valence electrons. The fraction of sp³-hybridized carbons (Fsp3) is 0.308. The number of nitrogens with two attached hydrogens (primary N) is 1. The summed E-state index contributed by atoms with van der Waals surface area (Å²) >= 11 is 0. The van der Waals surface area contributed by atoms with E-state index in [4.69, 9.17) is 15.5 Å². The monoisotopic (exact) mass is 677 g/mol. The number of aldehydes is 1. The number of pyridine rings is 1. The van der Waals surface area contributed by atoms with Crippen LogP contribution in [0.4, 0.5) is 22.9 Å². The zero-order valence-electron chi connectivity index (χ0n) is 29.9. The number of amidine groups is 1. The molecule has 1 aromatic heterocycles. The van der Waals surface area contributed by atoms with Gasteiger partial charge in [-0.15, -0.1) is 0 Å². The number of nitrogens with one attached hydrogen (secondary N) is 1. The first-order valence-corrected chi connectivity index (χ1v) is 16.3. The van der Waals surface area contributed by atoms with E-state index >= 15 is 0 Å². The minimum absolute atomic E-state index is 0.265. The summed E-state index contributed by atoms with van der Waals surface area (Å²) in [5.74, 6) is 5.44. The molecule has 1 fully saturated rings. The van der Waals surface area contributed by atoms with E-state index in [-0.39, 0.29) is 5.91 Å². The molecule has 1 aliphatic carbocycles. The Bertz CT molecular complexity index is 1780. The van der Waals surface area contributed by atoms with Gasteiger partial charge in [0.05, 0.1) is 11.8 Å². The highest BCUT2D eigenvalue weighted by Gasteiger charge is 2.24. The Morgan fingerprint density at radius 3 is 2.32 bits per heavy atom. The summed E-state index contributed by atoms with van der Waals surface area (Å²) in [6.07, 6.45) is 8.29. The number of aryl methyl sites for hydroxylation is 1. The molecule has 1 saturated carbocycles. The van der Waals surface area contributed by atoms with E-state index in [0.29, 0.717) is 53.3 Å². The van der Waals surface area contributed by atoms with Gasteiger partial charge in [-0.2, -0.15) is 0 Å². The summed E-state index contributed by atoms with van der Waals surface area (Å²) in [5.41, 5.74) is 12.3. The first-order chi connectivity index (χ1) is 24.0. The molecular weight excluding hydrogens is 630 g/mol. The molecule has 3 aromatic rings. The topological polar surface area (TPSA) is 133 Å². The van der Waals surface area contributed by atoms with Gasteiger partial charge in [-0.05, 0) is 106 Å². The van der Waals surface area contributed by atoms with E-state index in [2.05, 4.69) is 22.1 Å². The van der Waals surface area contributed by atoms with Crippen LogP contribution in [0.3, 0.4) is 0 Å². The van der Waals surface area contributed by atoms with E-state index < -0.39 is 0 Å². The number of anilines is 4. The Labute approximate surface area is 295 Å². The molecule has 0 radical (unpaired) electrons. The average molecular weight is 678 g/mol. The number of nitrogens with zero attached hydrogens (tertiary/aromatic N) is 5. The van der Waals surface area contributed by atoms with E-state index in [9.17, 15) is 14.4 Å². The second-order valence-corrected chi connectivity index (χ2v) is 11.9. The van der Waals surface area contributed by atoms with Crippen molar-refractivity contribution in [2.75, 3.05) is 47.8 Å². The second kappa shape index (κ2) is 19.3. The van der Waals surface area contributed by atoms with Gasteiger partial charge in [0.1, 0.15) is 18.1 Å². The van der Waals surface area contributed by atoms with Crippen molar-refractivity contribution in [3.05, 3.63) is 101 Å². The van der Waals surface area contributed by atoms with E-state index in [0.717, 1.165) is 48.2 Å². The standard InChI is InChI=1S/C32H39N7O2.C7H8O2/c1-8-22(2)20-35-31(39(21-40)28-11-9-10-27(19-28)37(5)6)30(24(4)33)38(7)26-14-12-25(13-15-26)32(41)36-29-18-23(3)16-17-34-29;8-5-1-2-6-9-7-3-4-7/h9-21H,8,33H2,1-7H3,(H,34,36,41);5,7H,3-4,6H2/b22-20+,30-24-,35-31-;. The fourth-order valence-corrected chi connectivity index (χ4v) is 4.48. The molecule has 11 nitrogen and oxygen atoms in total. The number of amides is 2. The third-order valence-corrected chi connectivity index (χ3v) is 7.59. The molecule has 1 heterocycles. The van der Waals surface area contributed by atoms with Gasteiger partial charge in [0.15, 0.2) is 12.1 Å². The third kappa shape index (κ3) is 11.8. The molecule has 0 atom stereocenters. The van der Waals surface area contributed by atoms with Crippen LogP contribution in [0.25, 0.3) is 0 Å². The number of allylic oxidation sites excluding steroid dienone is 2. The lowest BCUT2D eigenvalue weighted by molar-refractivity contribution is -0.106. The lowest BCUT2D eigenvalue weighted by Gasteiger charge is -2.30. The van der Waals surface area contributed by atoms with Crippen LogP contribution in [0.1, 0.15) is 56.0 Å². The molecule has 1 aliphatic rings. The predicted molar refractivity (Wildman–Crippen MR) is 202 cm³/mol. The summed E-state index contributed by atoms with van der Waals surface area (Å²) in [4.78, 5) is 49.3. The number of aromatic nitrogens is 1. The molecule has 0 spiro atoms. The number of likely N-dealkylation sites (N-methyl/N-ethyl adjacent to an activating group) is 1. The molecule has 4 rings (SSSR count). The van der Waals surface area contributed by atoms with E-state index in [1.165, 1.54) is 4.90 Å². The molecular formula is C39H47N7O4. The zero-order valence-corrected chi connectivity index (χ0v) is 29.9. The largest absolute Gasteiger partial charge is 0.400 e. The number of hydrogen-bond donors (Lipinski definition) is 2. The van der Waals surface area contributed by atoms with Crippen molar-refractivity contribution in [2.45, 2.75) is 53.1 Å². The quantitative estimate of drug-likeness (QED) is 0.102. The summed E-state index contributed by atoms with van der Waals surface area (Å²) in [5, 5.41) is 2.83. The van der Waals surface area contributed by atoms with Gasteiger partial charge in [0.2, 0.25) is 6.41 Å². The van der Waals surface area contributed by atoms with Crippen molar-refractivity contribution in [3.8, 4) is 11.8 Å². The molecule has 0 aliphatic heterocycles. The summed E-state index contributed by atoms with van der Waals surface area (Å²) in [6, 6.07) is 18.4. The molecule has 11 heteroatoms. The normalized spacial score (nSPS) is 13.0. The number of carbonyl (C=O) groups is 3. The van der Waals surface area contributed by atoms with Crippen LogP contribution in [-0.2, 0) is 14.3 Å². The number of rotatable bonds is 12. The highest BCUT2D eigenvalue weighted by atomic mass is 16.5. The minimum atomic E-state index is -0.265. The Morgan fingerprint density at radius 2 is 1.74 bits per heavy atom. The van der Waals surface area contributed by atoms with Gasteiger partial charge < -0.3 is 25.6 Å². The number of hydrogen-bond acceptors (Lipinski definition) is 9. The van der Waals surface area contributed by atoms with Gasteiger partial charge in [-0.1, -0.05) is 24.5 Å². The molecule has 0 bridgehead atoms. The molecule has 2 aromatic carbocycles. The van der Waals surface area contributed by atoms with Crippen molar-refractivity contribution in [2.24, 2.45) is 10.7 Å². The summed E-state index contributed by atoms with van der Waals surface area (Å²) in [7, 11) is 5.73. The lowest BCUT2D eigenvalue weighted by atomic mass is 10.1. The number of aliphatic imine (C=N–C) groups is 1. The fourth-order valence-electron chi connectivity index (χ4n) is 4.48. The maximum Gasteiger partial charge on any atom is 0.256 e. The number of benzene rings is 2. The second-order valence-electron chi connectivity index (χ2n) is 11.9. The van der Waals surface area contributed by atoms with Crippen LogP contribution in [0, 0.1) is 18.8 Å². The van der Waals surface area contributed by atoms with Crippen molar-refractivity contribution >= 4 is 47.3 Å². The van der Waals surface area contributed by atoms with Gasteiger partial charge in [-0.3, -0.25) is 19.3 Å². The lowest BCUT2D eigenvalue weighted by Crippen LogP contribution is -2.38. The van der Waals surface area contributed by atoms with Crippen molar-refractivity contribution in [1.82, 2.24) is 4.98 Å². The molecule has 50 heavy (non-hydrogen) atoms.